The molecule has 2 aliphatic carbocycles. The number of fused-ring (bicyclic) bond motifs is 1. The Hall–Kier alpha value is -0.920. The fraction of sp³-hybridized carbons (Fsp3) is 0.733. The molecular formula is C15H22O2. The summed E-state index contributed by atoms with van der Waals surface area (Å²) in [6.45, 7) is 8.25. The monoisotopic (exact) mass is 234 g/mol. The number of hydrogen-bond acceptors (Lipinski definition) is 2. The zero-order chi connectivity index (χ0) is 12.7. The molecule has 3 unspecified atom stereocenters. The van der Waals surface area contributed by atoms with Gasteiger partial charge in [-0.2, -0.15) is 0 Å². The topological polar surface area (TPSA) is 34.1 Å². The first-order valence-electron chi connectivity index (χ1n) is 6.66. The highest BCUT2D eigenvalue weighted by Crippen LogP contribution is 2.45. The highest BCUT2D eigenvalue weighted by atomic mass is 16.1. The maximum atomic E-state index is 12.2. The lowest BCUT2D eigenvalue weighted by Crippen LogP contribution is -2.44. The van der Waals surface area contributed by atoms with Crippen LogP contribution in [0.1, 0.15) is 40.5 Å². The van der Waals surface area contributed by atoms with Crippen molar-refractivity contribution < 1.29 is 9.59 Å². The summed E-state index contributed by atoms with van der Waals surface area (Å²) in [5, 5.41) is 0. The summed E-state index contributed by atoms with van der Waals surface area (Å²) in [6.07, 6.45) is 3.38. The third kappa shape index (κ3) is 2.10. The summed E-state index contributed by atoms with van der Waals surface area (Å²) in [4.78, 5) is 24.0. The van der Waals surface area contributed by atoms with Crippen molar-refractivity contribution in [1.29, 1.82) is 0 Å². The van der Waals surface area contributed by atoms with Gasteiger partial charge in [-0.05, 0) is 36.2 Å². The summed E-state index contributed by atoms with van der Waals surface area (Å²) < 4.78 is 0. The van der Waals surface area contributed by atoms with E-state index in [2.05, 4.69) is 26.8 Å². The Kier molecular flexibility index (Phi) is 3.24. The molecule has 0 heterocycles. The molecule has 0 bridgehead atoms. The van der Waals surface area contributed by atoms with E-state index in [9.17, 15) is 9.59 Å². The van der Waals surface area contributed by atoms with Crippen LogP contribution in [0.15, 0.2) is 11.6 Å². The van der Waals surface area contributed by atoms with Crippen LogP contribution in [0, 0.1) is 29.6 Å². The third-order valence-electron chi connectivity index (χ3n) is 4.56. The van der Waals surface area contributed by atoms with Gasteiger partial charge in [0.2, 0.25) is 0 Å². The molecule has 17 heavy (non-hydrogen) atoms. The quantitative estimate of drug-likeness (QED) is 0.699. The lowest BCUT2D eigenvalue weighted by atomic mass is 9.59. The third-order valence-corrected chi connectivity index (χ3v) is 4.56. The van der Waals surface area contributed by atoms with Gasteiger partial charge in [0.15, 0.2) is 5.78 Å². The molecular weight excluding hydrogens is 212 g/mol. The first kappa shape index (κ1) is 12.5. The Bertz CT molecular complexity index is 378. The zero-order valence-corrected chi connectivity index (χ0v) is 11.2. The standard InChI is InChI=1S/C15H22O2/c1-8(2)15-12-5-10(4)13(16)7-11(12)9(3)6-14(15)17/h5,8-9,11-12,15H,6-7H2,1-4H3/t9?,11?,12?,15-/m0/s1. The van der Waals surface area contributed by atoms with Crippen molar-refractivity contribution in [2.75, 3.05) is 0 Å². The lowest BCUT2D eigenvalue weighted by molar-refractivity contribution is -0.134. The SMILES string of the molecule is CC1=CC2C(CC1=O)C(C)CC(=O)[C@H]2C(C)C. The number of ketones is 2. The second kappa shape index (κ2) is 4.40. The van der Waals surface area contributed by atoms with Crippen molar-refractivity contribution in [3.05, 3.63) is 11.6 Å². The minimum absolute atomic E-state index is 0.124. The van der Waals surface area contributed by atoms with Crippen LogP contribution in [0.2, 0.25) is 0 Å². The summed E-state index contributed by atoms with van der Waals surface area (Å²) in [5.74, 6) is 2.21. The lowest BCUT2D eigenvalue weighted by Gasteiger charge is -2.43. The van der Waals surface area contributed by atoms with Crippen LogP contribution in [0.4, 0.5) is 0 Å². The van der Waals surface area contributed by atoms with Crippen molar-refractivity contribution in [2.24, 2.45) is 29.6 Å². The smallest absolute Gasteiger partial charge is 0.158 e. The molecule has 4 atom stereocenters. The molecule has 0 aliphatic heterocycles. The number of carbonyl (C=O) groups is 2. The van der Waals surface area contributed by atoms with Crippen molar-refractivity contribution in [3.8, 4) is 0 Å². The summed E-state index contributed by atoms with van der Waals surface area (Å²) in [7, 11) is 0. The molecule has 0 radical (unpaired) electrons. The highest BCUT2D eigenvalue weighted by Gasteiger charge is 2.45. The van der Waals surface area contributed by atoms with Gasteiger partial charge in [0, 0.05) is 18.8 Å². The van der Waals surface area contributed by atoms with E-state index >= 15 is 0 Å². The number of rotatable bonds is 1. The van der Waals surface area contributed by atoms with Gasteiger partial charge in [0.1, 0.15) is 5.78 Å². The zero-order valence-electron chi connectivity index (χ0n) is 11.2. The van der Waals surface area contributed by atoms with E-state index in [1.165, 1.54) is 0 Å². The van der Waals surface area contributed by atoms with E-state index in [4.69, 9.17) is 0 Å². The molecule has 0 aromatic rings. The Morgan fingerprint density at radius 1 is 1.24 bits per heavy atom. The van der Waals surface area contributed by atoms with Crippen LogP contribution in [0.25, 0.3) is 0 Å². The number of allylic oxidation sites excluding steroid dienone is 2. The summed E-state index contributed by atoms with van der Waals surface area (Å²) in [5.41, 5.74) is 0.860. The van der Waals surface area contributed by atoms with Gasteiger partial charge in [0.25, 0.3) is 0 Å². The second-order valence-corrected chi connectivity index (χ2v) is 6.14. The van der Waals surface area contributed by atoms with Gasteiger partial charge in [0.05, 0.1) is 0 Å². The maximum Gasteiger partial charge on any atom is 0.158 e. The Labute approximate surface area is 103 Å². The van der Waals surface area contributed by atoms with E-state index in [-0.39, 0.29) is 11.7 Å². The minimum Gasteiger partial charge on any atom is -0.299 e. The fourth-order valence-corrected chi connectivity index (χ4v) is 3.60. The van der Waals surface area contributed by atoms with E-state index in [1.807, 2.05) is 6.92 Å². The second-order valence-electron chi connectivity index (χ2n) is 6.14. The van der Waals surface area contributed by atoms with Crippen LogP contribution in [0.5, 0.6) is 0 Å². The molecule has 94 valence electrons. The number of carbonyl (C=O) groups excluding carboxylic acids is 2. The molecule has 0 spiro atoms. The van der Waals surface area contributed by atoms with Crippen LogP contribution in [-0.2, 0) is 9.59 Å². The molecule has 2 nitrogen and oxygen atoms in total. The van der Waals surface area contributed by atoms with E-state index in [1.54, 1.807) is 0 Å². The van der Waals surface area contributed by atoms with E-state index in [0.29, 0.717) is 42.3 Å². The van der Waals surface area contributed by atoms with Gasteiger partial charge in [-0.15, -0.1) is 0 Å². The molecule has 0 saturated heterocycles. The average Bonchev–Trinajstić information content (AvgIpc) is 2.20. The van der Waals surface area contributed by atoms with Crippen LogP contribution in [0.3, 0.4) is 0 Å². The first-order chi connectivity index (χ1) is 7.91. The van der Waals surface area contributed by atoms with Crippen LogP contribution >= 0.6 is 0 Å². The van der Waals surface area contributed by atoms with Gasteiger partial charge in [-0.3, -0.25) is 9.59 Å². The first-order valence-corrected chi connectivity index (χ1v) is 6.66. The number of Topliss-reactive ketones (excluding diaryl/α,β-unsaturated/α-hetero) is 2. The van der Waals surface area contributed by atoms with E-state index in [0.717, 1.165) is 5.57 Å². The van der Waals surface area contributed by atoms with Crippen molar-refractivity contribution >= 4 is 11.6 Å². The van der Waals surface area contributed by atoms with Crippen molar-refractivity contribution in [2.45, 2.75) is 40.5 Å². The molecule has 2 rings (SSSR count). The van der Waals surface area contributed by atoms with Gasteiger partial charge < -0.3 is 0 Å². The Balaban J connectivity index is 2.37. The Morgan fingerprint density at radius 3 is 2.47 bits per heavy atom. The Morgan fingerprint density at radius 2 is 1.88 bits per heavy atom. The predicted molar refractivity (Wildman–Crippen MR) is 67.5 cm³/mol. The minimum atomic E-state index is 0.124. The molecule has 2 aliphatic rings. The maximum absolute atomic E-state index is 12.2. The summed E-state index contributed by atoms with van der Waals surface area (Å²) >= 11 is 0. The number of hydrogen-bond donors (Lipinski definition) is 0. The molecule has 0 N–H and O–H groups in total. The normalized spacial score (nSPS) is 38.1. The van der Waals surface area contributed by atoms with Crippen LogP contribution in [-0.4, -0.2) is 11.6 Å². The van der Waals surface area contributed by atoms with Crippen molar-refractivity contribution in [1.82, 2.24) is 0 Å². The molecule has 0 aromatic heterocycles. The largest absolute Gasteiger partial charge is 0.299 e. The van der Waals surface area contributed by atoms with Crippen molar-refractivity contribution in [3.63, 3.8) is 0 Å². The molecule has 1 saturated carbocycles. The van der Waals surface area contributed by atoms with Gasteiger partial charge in [-0.1, -0.05) is 26.8 Å². The fourth-order valence-electron chi connectivity index (χ4n) is 3.60. The molecule has 1 fully saturated rings. The molecule has 0 amide bonds. The predicted octanol–water partition coefficient (Wildman–Crippen LogP) is 3.02. The van der Waals surface area contributed by atoms with E-state index < -0.39 is 0 Å². The molecule has 2 heteroatoms. The molecule has 0 aromatic carbocycles. The van der Waals surface area contributed by atoms with Gasteiger partial charge >= 0.3 is 0 Å². The van der Waals surface area contributed by atoms with Crippen LogP contribution < -0.4 is 0 Å². The van der Waals surface area contributed by atoms with Gasteiger partial charge in [-0.25, -0.2) is 0 Å². The average molecular weight is 234 g/mol. The highest BCUT2D eigenvalue weighted by molar-refractivity contribution is 5.96. The summed E-state index contributed by atoms with van der Waals surface area (Å²) in [6, 6.07) is 0.